The number of aromatic hydroxyl groups is 1. The minimum absolute atomic E-state index is 0.217. The van der Waals surface area contributed by atoms with Gasteiger partial charge in [0, 0.05) is 31.6 Å². The van der Waals surface area contributed by atoms with Gasteiger partial charge in [0.25, 0.3) is 0 Å². The maximum atomic E-state index is 11.8. The minimum Gasteiger partial charge on any atom is -0.507 e. The number of hydrogen-bond acceptors (Lipinski definition) is 4. The van der Waals surface area contributed by atoms with Crippen molar-refractivity contribution >= 4 is 5.69 Å². The van der Waals surface area contributed by atoms with Crippen LogP contribution in [0.1, 0.15) is 76.6 Å². The lowest BCUT2D eigenvalue weighted by atomic mass is 9.75. The van der Waals surface area contributed by atoms with Crippen LogP contribution in [0.4, 0.5) is 5.69 Å². The molecule has 2 unspecified atom stereocenters. The first kappa shape index (κ1) is 23.7. The Morgan fingerprint density at radius 1 is 0.900 bits per heavy atom. The topological polar surface area (TPSA) is 66.6 Å². The molecule has 164 valence electrons. The number of phenolic OH excluding ortho intramolecular Hbond substituents is 1. The first-order chi connectivity index (χ1) is 13.6. The zero-order valence-electron chi connectivity index (χ0n) is 19.8. The van der Waals surface area contributed by atoms with E-state index in [1.807, 2.05) is 55.4 Å². The van der Waals surface area contributed by atoms with E-state index in [9.17, 15) is 15.2 Å². The highest BCUT2D eigenvalue weighted by Crippen LogP contribution is 2.43. The van der Waals surface area contributed by atoms with Gasteiger partial charge in [-0.05, 0) is 45.2 Å². The van der Waals surface area contributed by atoms with Crippen molar-refractivity contribution in [2.24, 2.45) is 0 Å². The third-order valence-electron chi connectivity index (χ3n) is 5.69. The Kier molecular flexibility index (Phi) is 6.55. The second-order valence-electron chi connectivity index (χ2n) is 10.5. The zero-order valence-corrected chi connectivity index (χ0v) is 19.8. The van der Waals surface area contributed by atoms with E-state index in [4.69, 9.17) is 0 Å². The first-order valence-electron chi connectivity index (χ1n) is 10.4. The summed E-state index contributed by atoms with van der Waals surface area (Å²) in [5, 5.41) is 22.9. The van der Waals surface area contributed by atoms with E-state index in [-0.39, 0.29) is 21.5 Å². The molecule has 2 aromatic carbocycles. The molecule has 0 radical (unpaired) electrons. The molecule has 0 aliphatic carbocycles. The molecule has 30 heavy (non-hydrogen) atoms. The van der Waals surface area contributed by atoms with Gasteiger partial charge in [-0.15, -0.1) is 0 Å². The van der Waals surface area contributed by atoms with Gasteiger partial charge in [-0.1, -0.05) is 65.8 Å². The average molecular weight is 413 g/mol. The second-order valence-corrected chi connectivity index (χ2v) is 10.5. The number of nitro groups is 1. The predicted octanol–water partition coefficient (Wildman–Crippen LogP) is 5.85. The quantitative estimate of drug-likeness (QED) is 0.494. The van der Waals surface area contributed by atoms with Gasteiger partial charge in [0.1, 0.15) is 5.75 Å². The maximum absolute atomic E-state index is 11.8. The Morgan fingerprint density at radius 2 is 1.33 bits per heavy atom. The Morgan fingerprint density at radius 3 is 1.67 bits per heavy atom. The molecule has 2 rings (SSSR count). The summed E-state index contributed by atoms with van der Waals surface area (Å²) in [7, 11) is 3.94. The molecule has 0 spiro atoms. The van der Waals surface area contributed by atoms with Crippen LogP contribution in [0.25, 0.3) is 0 Å². The molecule has 0 aliphatic rings. The van der Waals surface area contributed by atoms with E-state index >= 15 is 0 Å². The molecule has 0 aromatic heterocycles. The van der Waals surface area contributed by atoms with Crippen molar-refractivity contribution in [1.29, 1.82) is 0 Å². The van der Waals surface area contributed by atoms with E-state index in [1.54, 1.807) is 6.92 Å². The molecule has 2 atom stereocenters. The van der Waals surface area contributed by atoms with Crippen molar-refractivity contribution in [3.63, 3.8) is 0 Å². The summed E-state index contributed by atoms with van der Waals surface area (Å²) in [5.41, 5.74) is 3.85. The smallest absolute Gasteiger partial charge is 0.221 e. The highest BCUT2D eigenvalue weighted by Gasteiger charge is 2.34. The van der Waals surface area contributed by atoms with E-state index in [0.29, 0.717) is 0 Å². The molecular weight excluding hydrogens is 376 g/mol. The SMILES string of the molecule is CC(C(c1ccc(N(C)C)cc1)c1cc(C(C)(C)C)c(O)c(C(C)(C)C)c1)[N+](=O)[O-]. The lowest BCUT2D eigenvalue weighted by Gasteiger charge is -2.30. The fraction of sp³-hybridized carbons (Fsp3) is 0.520. The molecular formula is C25H36N2O3. The van der Waals surface area contributed by atoms with Gasteiger partial charge in [0.05, 0.1) is 5.92 Å². The fourth-order valence-corrected chi connectivity index (χ4v) is 3.83. The summed E-state index contributed by atoms with van der Waals surface area (Å²) in [5.74, 6) is -0.131. The number of hydrogen-bond donors (Lipinski definition) is 1. The van der Waals surface area contributed by atoms with Crippen LogP contribution in [0.2, 0.25) is 0 Å². The number of phenols is 1. The van der Waals surface area contributed by atoms with Crippen molar-refractivity contribution in [2.45, 2.75) is 71.3 Å². The molecule has 2 aromatic rings. The molecule has 0 amide bonds. The Hall–Kier alpha value is -2.56. The minimum atomic E-state index is -0.805. The summed E-state index contributed by atoms with van der Waals surface area (Å²) in [6.45, 7) is 14.0. The summed E-state index contributed by atoms with van der Waals surface area (Å²) >= 11 is 0. The summed E-state index contributed by atoms with van der Waals surface area (Å²) < 4.78 is 0. The summed E-state index contributed by atoms with van der Waals surface area (Å²) in [4.78, 5) is 13.6. The van der Waals surface area contributed by atoms with Crippen molar-refractivity contribution in [3.05, 3.63) is 68.8 Å². The van der Waals surface area contributed by atoms with Crippen molar-refractivity contribution in [1.82, 2.24) is 0 Å². The van der Waals surface area contributed by atoms with Crippen molar-refractivity contribution in [2.75, 3.05) is 19.0 Å². The van der Waals surface area contributed by atoms with Gasteiger partial charge < -0.3 is 10.0 Å². The van der Waals surface area contributed by atoms with Crippen LogP contribution in [0.3, 0.4) is 0 Å². The standard InChI is InChI=1S/C25H36N2O3/c1-16(27(29)30)22(17-10-12-19(13-11-17)26(8)9)18-14-20(24(2,3)4)23(28)21(15-18)25(5,6)7/h10-16,22,28H,1-9H3. The largest absolute Gasteiger partial charge is 0.507 e. The van der Waals surface area contributed by atoms with Crippen LogP contribution in [0.5, 0.6) is 5.75 Å². The van der Waals surface area contributed by atoms with Crippen LogP contribution >= 0.6 is 0 Å². The molecule has 0 saturated carbocycles. The highest BCUT2D eigenvalue weighted by atomic mass is 16.6. The van der Waals surface area contributed by atoms with Crippen LogP contribution in [0, 0.1) is 10.1 Å². The van der Waals surface area contributed by atoms with Gasteiger partial charge in [0.2, 0.25) is 6.04 Å². The maximum Gasteiger partial charge on any atom is 0.221 e. The van der Waals surface area contributed by atoms with Crippen LogP contribution in [-0.4, -0.2) is 30.2 Å². The number of nitrogens with zero attached hydrogens (tertiary/aromatic N) is 2. The van der Waals surface area contributed by atoms with E-state index in [0.717, 1.165) is 27.9 Å². The van der Waals surface area contributed by atoms with Gasteiger partial charge >= 0.3 is 0 Å². The number of anilines is 1. The second kappa shape index (κ2) is 8.29. The molecule has 5 nitrogen and oxygen atoms in total. The lowest BCUT2D eigenvalue weighted by Crippen LogP contribution is -2.27. The summed E-state index contributed by atoms with van der Waals surface area (Å²) in [6.07, 6.45) is 0. The zero-order chi connectivity index (χ0) is 23.0. The number of benzene rings is 2. The van der Waals surface area contributed by atoms with Crippen LogP contribution < -0.4 is 4.90 Å². The highest BCUT2D eigenvalue weighted by molar-refractivity contribution is 5.53. The Balaban J connectivity index is 2.79. The Bertz CT molecular complexity index is 868. The van der Waals surface area contributed by atoms with Crippen molar-refractivity contribution in [3.8, 4) is 5.75 Å². The predicted molar refractivity (Wildman–Crippen MR) is 125 cm³/mol. The molecule has 0 aliphatic heterocycles. The van der Waals surface area contributed by atoms with Gasteiger partial charge in [-0.25, -0.2) is 0 Å². The van der Waals surface area contributed by atoms with E-state index in [2.05, 4.69) is 41.5 Å². The Labute approximate surface area is 180 Å². The van der Waals surface area contributed by atoms with Gasteiger partial charge in [0.15, 0.2) is 0 Å². The molecule has 1 N–H and O–H groups in total. The molecule has 5 heteroatoms. The summed E-state index contributed by atoms with van der Waals surface area (Å²) in [6, 6.07) is 11.0. The average Bonchev–Trinajstić information content (AvgIpc) is 2.61. The molecule has 0 saturated heterocycles. The number of rotatable bonds is 5. The molecule has 0 fully saturated rings. The fourth-order valence-electron chi connectivity index (χ4n) is 3.83. The third kappa shape index (κ3) is 4.94. The van der Waals surface area contributed by atoms with E-state index < -0.39 is 12.0 Å². The molecule has 0 bridgehead atoms. The van der Waals surface area contributed by atoms with Gasteiger partial charge in [-0.3, -0.25) is 10.1 Å². The first-order valence-corrected chi connectivity index (χ1v) is 10.4. The van der Waals surface area contributed by atoms with Crippen LogP contribution in [-0.2, 0) is 10.8 Å². The van der Waals surface area contributed by atoms with Crippen molar-refractivity contribution < 1.29 is 10.0 Å². The lowest BCUT2D eigenvalue weighted by molar-refractivity contribution is -0.520. The molecule has 0 heterocycles. The van der Waals surface area contributed by atoms with Gasteiger partial charge in [-0.2, -0.15) is 0 Å². The monoisotopic (exact) mass is 412 g/mol. The van der Waals surface area contributed by atoms with E-state index in [1.165, 1.54) is 0 Å². The normalized spacial score (nSPS) is 14.3. The third-order valence-corrected chi connectivity index (χ3v) is 5.69. The van der Waals surface area contributed by atoms with Crippen LogP contribution in [0.15, 0.2) is 36.4 Å².